The van der Waals surface area contributed by atoms with Gasteiger partial charge >= 0.3 is 0 Å². The summed E-state index contributed by atoms with van der Waals surface area (Å²) in [5.74, 6) is -1.30. The predicted molar refractivity (Wildman–Crippen MR) is 109 cm³/mol. The van der Waals surface area contributed by atoms with Crippen molar-refractivity contribution in [1.29, 1.82) is 0 Å². The number of benzene rings is 1. The van der Waals surface area contributed by atoms with Gasteiger partial charge in [-0.25, -0.2) is 9.88 Å². The molecule has 0 saturated carbocycles. The van der Waals surface area contributed by atoms with Crippen LogP contribution in [-0.2, 0) is 0 Å². The molecule has 0 radical (unpaired) electrons. The van der Waals surface area contributed by atoms with Gasteiger partial charge in [0.25, 0.3) is 11.8 Å². The lowest BCUT2D eigenvalue weighted by Gasteiger charge is -2.22. The summed E-state index contributed by atoms with van der Waals surface area (Å²) >= 11 is 24.6. The van der Waals surface area contributed by atoms with Crippen LogP contribution in [0, 0.1) is 6.92 Å². The standard InChI is InChI=1S/C17H9Cl4N3O2S/c1-8-4-2-3-5-10(8)24(17(26)14-13(20)15(21)23-27-14)16(25)9-6-11(18)22-12(19)7-9/h2-7H,1H3. The predicted octanol–water partition coefficient (Wildman–Crippen LogP) is 5.95. The van der Waals surface area contributed by atoms with Crippen LogP contribution in [0.3, 0.4) is 0 Å². The second kappa shape index (κ2) is 8.12. The number of rotatable bonds is 3. The molecule has 27 heavy (non-hydrogen) atoms. The molecule has 0 fully saturated rings. The SMILES string of the molecule is Cc1ccccc1N(C(=O)c1cc(Cl)nc(Cl)c1)C(=O)c1snc(Cl)c1Cl. The molecule has 0 spiro atoms. The molecule has 2 heterocycles. The number of nitrogens with zero attached hydrogens (tertiary/aromatic N) is 3. The number of carbonyl (C=O) groups excluding carboxylic acids is 2. The van der Waals surface area contributed by atoms with Gasteiger partial charge in [-0.2, -0.15) is 4.37 Å². The number of para-hydroxylation sites is 1. The van der Waals surface area contributed by atoms with Crippen molar-refractivity contribution in [3.63, 3.8) is 0 Å². The second-order valence-electron chi connectivity index (χ2n) is 5.35. The van der Waals surface area contributed by atoms with Crippen LogP contribution < -0.4 is 4.90 Å². The first kappa shape index (κ1) is 20.0. The van der Waals surface area contributed by atoms with Crippen LogP contribution in [0.4, 0.5) is 5.69 Å². The molecule has 2 amide bonds. The largest absolute Gasteiger partial charge is 0.278 e. The average Bonchev–Trinajstić information content (AvgIpc) is 2.95. The van der Waals surface area contributed by atoms with E-state index in [0.29, 0.717) is 11.3 Å². The number of carbonyl (C=O) groups is 2. The van der Waals surface area contributed by atoms with Crippen molar-refractivity contribution in [1.82, 2.24) is 9.36 Å². The molecule has 1 aromatic carbocycles. The number of aryl methyl sites for hydroxylation is 1. The fraction of sp³-hybridized carbons (Fsp3) is 0.0588. The smallest absolute Gasteiger partial charge is 0.268 e. The third-order valence-electron chi connectivity index (χ3n) is 3.56. The molecule has 0 aliphatic rings. The normalized spacial score (nSPS) is 10.7. The van der Waals surface area contributed by atoms with Crippen molar-refractivity contribution in [3.05, 3.63) is 72.9 Å². The summed E-state index contributed by atoms with van der Waals surface area (Å²) in [7, 11) is 0. The molecule has 3 aromatic rings. The summed E-state index contributed by atoms with van der Waals surface area (Å²) in [5.41, 5.74) is 1.19. The molecule has 10 heteroatoms. The maximum absolute atomic E-state index is 13.2. The number of imide groups is 1. The molecule has 0 N–H and O–H groups in total. The molecular formula is C17H9Cl4N3O2S. The van der Waals surface area contributed by atoms with E-state index in [1.165, 1.54) is 12.1 Å². The van der Waals surface area contributed by atoms with Crippen LogP contribution in [0.1, 0.15) is 25.6 Å². The van der Waals surface area contributed by atoms with Gasteiger partial charge in [-0.15, -0.1) is 0 Å². The van der Waals surface area contributed by atoms with Crippen LogP contribution in [0.25, 0.3) is 0 Å². The molecule has 3 rings (SSSR count). The number of halogens is 4. The lowest BCUT2D eigenvalue weighted by molar-refractivity contribution is 0.0899. The Morgan fingerprint density at radius 2 is 1.63 bits per heavy atom. The zero-order valence-corrected chi connectivity index (χ0v) is 17.4. The minimum Gasteiger partial charge on any atom is -0.268 e. The lowest BCUT2D eigenvalue weighted by Crippen LogP contribution is -2.37. The number of anilines is 1. The van der Waals surface area contributed by atoms with Crippen molar-refractivity contribution in [2.45, 2.75) is 6.92 Å². The number of pyridine rings is 1. The van der Waals surface area contributed by atoms with Crippen molar-refractivity contribution >= 4 is 75.4 Å². The van der Waals surface area contributed by atoms with Gasteiger partial charge in [0, 0.05) is 5.56 Å². The fourth-order valence-electron chi connectivity index (χ4n) is 2.34. The summed E-state index contributed by atoms with van der Waals surface area (Å²) in [6.07, 6.45) is 0. The zero-order valence-electron chi connectivity index (χ0n) is 13.5. The number of hydrogen-bond acceptors (Lipinski definition) is 5. The highest BCUT2D eigenvalue weighted by atomic mass is 35.5. The number of aromatic nitrogens is 2. The van der Waals surface area contributed by atoms with Gasteiger partial charge in [-0.1, -0.05) is 64.6 Å². The zero-order chi connectivity index (χ0) is 19.7. The molecule has 138 valence electrons. The van der Waals surface area contributed by atoms with E-state index in [0.717, 1.165) is 16.4 Å². The summed E-state index contributed by atoms with van der Waals surface area (Å²) in [6, 6.07) is 9.58. The summed E-state index contributed by atoms with van der Waals surface area (Å²) < 4.78 is 3.86. The average molecular weight is 461 g/mol. The van der Waals surface area contributed by atoms with E-state index < -0.39 is 11.8 Å². The summed E-state index contributed by atoms with van der Waals surface area (Å²) in [5, 5.41) is 0.0462. The molecule has 0 saturated heterocycles. The van der Waals surface area contributed by atoms with Gasteiger partial charge in [0.05, 0.1) is 5.69 Å². The first-order valence-electron chi connectivity index (χ1n) is 7.37. The molecule has 0 aliphatic carbocycles. The minimum atomic E-state index is -0.659. The summed E-state index contributed by atoms with van der Waals surface area (Å²) in [4.78, 5) is 31.2. The first-order chi connectivity index (χ1) is 12.8. The molecule has 0 bridgehead atoms. The van der Waals surface area contributed by atoms with E-state index in [-0.39, 0.29) is 30.9 Å². The molecular weight excluding hydrogens is 452 g/mol. The van der Waals surface area contributed by atoms with Gasteiger partial charge in [-0.05, 0) is 42.2 Å². The summed E-state index contributed by atoms with van der Waals surface area (Å²) in [6.45, 7) is 1.77. The van der Waals surface area contributed by atoms with E-state index in [9.17, 15) is 9.59 Å². The Morgan fingerprint density at radius 1 is 1.00 bits per heavy atom. The highest BCUT2D eigenvalue weighted by Gasteiger charge is 2.31. The van der Waals surface area contributed by atoms with Crippen LogP contribution in [-0.4, -0.2) is 21.2 Å². The Balaban J connectivity index is 2.16. The number of amides is 2. The van der Waals surface area contributed by atoms with Crippen molar-refractivity contribution in [2.24, 2.45) is 0 Å². The van der Waals surface area contributed by atoms with Crippen LogP contribution >= 0.6 is 57.9 Å². The maximum Gasteiger partial charge on any atom is 0.278 e. The van der Waals surface area contributed by atoms with Gasteiger partial charge in [0.1, 0.15) is 20.2 Å². The molecule has 5 nitrogen and oxygen atoms in total. The quantitative estimate of drug-likeness (QED) is 0.358. The third kappa shape index (κ3) is 4.10. The Morgan fingerprint density at radius 3 is 2.19 bits per heavy atom. The van der Waals surface area contributed by atoms with E-state index in [2.05, 4.69) is 9.36 Å². The monoisotopic (exact) mass is 459 g/mol. The molecule has 0 atom stereocenters. The second-order valence-corrected chi connectivity index (χ2v) is 7.63. The van der Waals surface area contributed by atoms with Crippen LogP contribution in [0.5, 0.6) is 0 Å². The fourth-order valence-corrected chi connectivity index (χ4v) is 3.94. The molecule has 2 aromatic heterocycles. The van der Waals surface area contributed by atoms with Crippen LogP contribution in [0.2, 0.25) is 20.5 Å². The Kier molecular flexibility index (Phi) is 6.03. The first-order valence-corrected chi connectivity index (χ1v) is 9.66. The van der Waals surface area contributed by atoms with Crippen molar-refractivity contribution in [3.8, 4) is 0 Å². The highest BCUT2D eigenvalue weighted by molar-refractivity contribution is 7.09. The Hall–Kier alpha value is -1.70. The van der Waals surface area contributed by atoms with Crippen molar-refractivity contribution in [2.75, 3.05) is 4.90 Å². The van der Waals surface area contributed by atoms with Crippen LogP contribution in [0.15, 0.2) is 36.4 Å². The van der Waals surface area contributed by atoms with Gasteiger partial charge in [0.2, 0.25) is 0 Å². The third-order valence-corrected chi connectivity index (χ3v) is 5.74. The Labute approximate surface area is 178 Å². The highest BCUT2D eigenvalue weighted by Crippen LogP contribution is 2.32. The van der Waals surface area contributed by atoms with E-state index in [1.807, 2.05) is 0 Å². The molecule has 0 unspecified atom stereocenters. The van der Waals surface area contributed by atoms with Gasteiger partial charge in [0.15, 0.2) is 5.15 Å². The molecule has 0 aliphatic heterocycles. The minimum absolute atomic E-state index is 0.00259. The van der Waals surface area contributed by atoms with Gasteiger partial charge < -0.3 is 0 Å². The van der Waals surface area contributed by atoms with Crippen molar-refractivity contribution < 1.29 is 9.59 Å². The lowest BCUT2D eigenvalue weighted by atomic mass is 10.1. The van der Waals surface area contributed by atoms with Gasteiger partial charge in [-0.3, -0.25) is 9.59 Å². The topological polar surface area (TPSA) is 63.2 Å². The number of hydrogen-bond donors (Lipinski definition) is 0. The van der Waals surface area contributed by atoms with E-state index in [4.69, 9.17) is 46.4 Å². The van der Waals surface area contributed by atoms with E-state index >= 15 is 0 Å². The maximum atomic E-state index is 13.2. The van der Waals surface area contributed by atoms with E-state index in [1.54, 1.807) is 31.2 Å². The Bertz CT molecular complexity index is 1030.